The highest BCUT2D eigenvalue weighted by molar-refractivity contribution is 8.01. The van der Waals surface area contributed by atoms with Crippen LogP contribution in [0.15, 0.2) is 41.0 Å². The number of aromatic nitrogens is 2. The summed E-state index contributed by atoms with van der Waals surface area (Å²) in [5.41, 5.74) is 1.34. The number of hydrogen-bond donors (Lipinski definition) is 1. The van der Waals surface area contributed by atoms with Crippen LogP contribution in [0, 0.1) is 0 Å². The van der Waals surface area contributed by atoms with Gasteiger partial charge in [0, 0.05) is 11.7 Å². The van der Waals surface area contributed by atoms with Crippen molar-refractivity contribution in [3.05, 3.63) is 42.2 Å². The molecule has 1 atom stereocenters. The third-order valence-corrected chi connectivity index (χ3v) is 4.64. The van der Waals surface area contributed by atoms with Crippen LogP contribution < -0.4 is 0 Å². The number of thioether (sulfide) groups is 1. The molecule has 16 heavy (non-hydrogen) atoms. The summed E-state index contributed by atoms with van der Waals surface area (Å²) in [6.07, 6.45) is 1.60. The molecule has 0 N–H and O–H groups in total. The summed E-state index contributed by atoms with van der Waals surface area (Å²) in [5, 5.41) is 0. The van der Waals surface area contributed by atoms with E-state index < -0.39 is 0 Å². The lowest BCUT2D eigenvalue weighted by molar-refractivity contribution is 0.897. The maximum Gasteiger partial charge on any atom is 0.169 e. The minimum Gasteiger partial charge on any atom is -0.216 e. The Hall–Kier alpha value is -0.520. The van der Waals surface area contributed by atoms with Crippen LogP contribution in [0.3, 0.4) is 0 Å². The van der Waals surface area contributed by atoms with Crippen molar-refractivity contribution in [2.75, 3.05) is 11.5 Å². The Morgan fingerprint density at radius 2 is 2.12 bits per heavy atom. The number of thiol groups is 1. The lowest BCUT2D eigenvalue weighted by atomic mass is 10.0. The summed E-state index contributed by atoms with van der Waals surface area (Å²) in [5.74, 6) is 2.33. The molecule has 1 aromatic carbocycles. The van der Waals surface area contributed by atoms with Gasteiger partial charge in [0.15, 0.2) is 4.34 Å². The fourth-order valence-electron chi connectivity index (χ4n) is 1.38. The molecule has 1 aromatic heterocycles. The summed E-state index contributed by atoms with van der Waals surface area (Å²) >= 11 is 7.61. The van der Waals surface area contributed by atoms with Gasteiger partial charge in [-0.2, -0.15) is 17.0 Å². The van der Waals surface area contributed by atoms with Crippen molar-refractivity contribution in [1.82, 2.24) is 9.36 Å². The summed E-state index contributed by atoms with van der Waals surface area (Å²) in [6.45, 7) is 0. The van der Waals surface area contributed by atoms with Gasteiger partial charge in [0.25, 0.3) is 0 Å². The van der Waals surface area contributed by atoms with Crippen molar-refractivity contribution < 1.29 is 0 Å². The van der Waals surface area contributed by atoms with E-state index in [4.69, 9.17) is 0 Å². The van der Waals surface area contributed by atoms with Crippen molar-refractivity contribution in [3.8, 4) is 0 Å². The fraction of sp³-hybridized carbons (Fsp3) is 0.273. The summed E-state index contributed by atoms with van der Waals surface area (Å²) in [7, 11) is 0. The first-order chi connectivity index (χ1) is 7.90. The molecule has 5 heteroatoms. The van der Waals surface area contributed by atoms with E-state index >= 15 is 0 Å². The predicted molar refractivity (Wildman–Crippen MR) is 73.7 cm³/mol. The zero-order valence-corrected chi connectivity index (χ0v) is 11.1. The summed E-state index contributed by atoms with van der Waals surface area (Å²) in [4.78, 5) is 4.16. The van der Waals surface area contributed by atoms with E-state index in [0.717, 1.165) is 15.8 Å². The van der Waals surface area contributed by atoms with Crippen LogP contribution in [0.2, 0.25) is 0 Å². The summed E-state index contributed by atoms with van der Waals surface area (Å²) in [6, 6.07) is 10.5. The minimum absolute atomic E-state index is 0.471. The molecule has 0 radical (unpaired) electrons. The van der Waals surface area contributed by atoms with E-state index in [1.54, 1.807) is 18.1 Å². The second-order valence-corrected chi connectivity index (χ2v) is 5.72. The predicted octanol–water partition coefficient (Wildman–Crippen LogP) is 3.34. The Labute approximate surface area is 109 Å². The number of nitrogens with zero attached hydrogens (tertiary/aromatic N) is 2. The van der Waals surface area contributed by atoms with Gasteiger partial charge in [-0.25, -0.2) is 4.98 Å². The Balaban J connectivity index is 1.96. The van der Waals surface area contributed by atoms with Crippen LogP contribution in [-0.4, -0.2) is 20.9 Å². The monoisotopic (exact) mass is 268 g/mol. The minimum atomic E-state index is 0.471. The van der Waals surface area contributed by atoms with Crippen molar-refractivity contribution in [2.24, 2.45) is 0 Å². The fourth-order valence-corrected chi connectivity index (χ4v) is 3.49. The zero-order chi connectivity index (χ0) is 11.2. The molecule has 2 rings (SSSR count). The van der Waals surface area contributed by atoms with Crippen LogP contribution in [0.25, 0.3) is 0 Å². The molecule has 1 heterocycles. The van der Waals surface area contributed by atoms with Gasteiger partial charge in [0.1, 0.15) is 6.33 Å². The smallest absolute Gasteiger partial charge is 0.169 e. The van der Waals surface area contributed by atoms with Gasteiger partial charge in [-0.3, -0.25) is 0 Å². The highest BCUT2D eigenvalue weighted by atomic mass is 32.2. The summed E-state index contributed by atoms with van der Waals surface area (Å²) < 4.78 is 5.02. The first-order valence-electron chi connectivity index (χ1n) is 4.95. The average molecular weight is 268 g/mol. The largest absolute Gasteiger partial charge is 0.216 e. The molecule has 2 nitrogen and oxygen atoms in total. The third kappa shape index (κ3) is 3.23. The van der Waals surface area contributed by atoms with Crippen molar-refractivity contribution in [2.45, 2.75) is 10.3 Å². The molecule has 0 amide bonds. The van der Waals surface area contributed by atoms with E-state index in [0.29, 0.717) is 5.92 Å². The second-order valence-electron chi connectivity index (χ2n) is 3.31. The van der Waals surface area contributed by atoms with E-state index in [-0.39, 0.29) is 0 Å². The lowest BCUT2D eigenvalue weighted by Crippen LogP contribution is -2.03. The molecule has 2 aromatic rings. The molecule has 0 aliphatic carbocycles. The molecule has 0 fully saturated rings. The van der Waals surface area contributed by atoms with Gasteiger partial charge in [-0.1, -0.05) is 42.1 Å². The van der Waals surface area contributed by atoms with Gasteiger partial charge >= 0.3 is 0 Å². The van der Waals surface area contributed by atoms with Gasteiger partial charge in [0.2, 0.25) is 0 Å². The van der Waals surface area contributed by atoms with Crippen molar-refractivity contribution >= 4 is 35.9 Å². The van der Waals surface area contributed by atoms with Gasteiger partial charge < -0.3 is 0 Å². The quantitative estimate of drug-likeness (QED) is 0.665. The number of rotatable bonds is 5. The normalized spacial score (nSPS) is 12.6. The van der Waals surface area contributed by atoms with E-state index in [2.05, 4.69) is 46.3 Å². The Kier molecular flexibility index (Phi) is 4.69. The highest BCUT2D eigenvalue weighted by Gasteiger charge is 2.10. The third-order valence-electron chi connectivity index (χ3n) is 2.24. The first-order valence-corrected chi connectivity index (χ1v) is 7.34. The van der Waals surface area contributed by atoms with Crippen LogP contribution >= 0.6 is 35.9 Å². The lowest BCUT2D eigenvalue weighted by Gasteiger charge is -2.13. The van der Waals surface area contributed by atoms with Crippen LogP contribution in [0.4, 0.5) is 0 Å². The van der Waals surface area contributed by atoms with Crippen molar-refractivity contribution in [1.29, 1.82) is 0 Å². The molecular formula is C11H12N2S3. The highest BCUT2D eigenvalue weighted by Crippen LogP contribution is 2.27. The molecular weight excluding hydrogens is 256 g/mol. The molecule has 84 valence electrons. The Morgan fingerprint density at radius 1 is 1.31 bits per heavy atom. The molecule has 0 spiro atoms. The van der Waals surface area contributed by atoms with E-state index in [9.17, 15) is 0 Å². The van der Waals surface area contributed by atoms with Crippen LogP contribution in [0.5, 0.6) is 0 Å². The number of benzene rings is 1. The maximum atomic E-state index is 4.41. The van der Waals surface area contributed by atoms with E-state index in [1.165, 1.54) is 17.1 Å². The van der Waals surface area contributed by atoms with Gasteiger partial charge in [0.05, 0.1) is 0 Å². The average Bonchev–Trinajstić information content (AvgIpc) is 2.84. The molecule has 0 bridgehead atoms. The first kappa shape index (κ1) is 12.0. The van der Waals surface area contributed by atoms with Crippen LogP contribution in [0.1, 0.15) is 11.5 Å². The molecule has 0 saturated heterocycles. The standard InChI is InChI=1S/C11H12N2S3/c14-6-10(9-4-2-1-3-5-9)7-15-11-12-8-13-16-11/h1-5,8,10,14H,6-7H2. The number of hydrogen-bond acceptors (Lipinski definition) is 5. The maximum absolute atomic E-state index is 4.41. The van der Waals surface area contributed by atoms with Gasteiger partial charge in [-0.05, 0) is 22.8 Å². The van der Waals surface area contributed by atoms with Crippen LogP contribution in [-0.2, 0) is 0 Å². The zero-order valence-electron chi connectivity index (χ0n) is 8.61. The Morgan fingerprint density at radius 3 is 2.75 bits per heavy atom. The topological polar surface area (TPSA) is 25.8 Å². The molecule has 0 aliphatic heterocycles. The van der Waals surface area contributed by atoms with Gasteiger partial charge in [-0.15, -0.1) is 0 Å². The second kappa shape index (κ2) is 6.27. The van der Waals surface area contributed by atoms with Crippen molar-refractivity contribution in [3.63, 3.8) is 0 Å². The SMILES string of the molecule is SCC(CSc1ncns1)c1ccccc1. The molecule has 1 unspecified atom stereocenters. The molecule has 0 aliphatic rings. The van der Waals surface area contributed by atoms with E-state index in [1.807, 2.05) is 6.07 Å². The Bertz CT molecular complexity index is 402. The molecule has 0 saturated carbocycles.